The number of hydrogen-bond donors (Lipinski definition) is 2. The van der Waals surface area contributed by atoms with Crippen LogP contribution in [0.5, 0.6) is 0 Å². The summed E-state index contributed by atoms with van der Waals surface area (Å²) < 4.78 is 0. The van der Waals surface area contributed by atoms with Gasteiger partial charge in [0.1, 0.15) is 5.02 Å². The van der Waals surface area contributed by atoms with Gasteiger partial charge >= 0.3 is 0 Å². The lowest BCUT2D eigenvalue weighted by molar-refractivity contribution is -0.384. The van der Waals surface area contributed by atoms with Gasteiger partial charge in [0.2, 0.25) is 0 Å². The number of anilines is 2. The first-order valence-corrected chi connectivity index (χ1v) is 14.1. The minimum absolute atomic E-state index is 0.0546. The molecule has 1 fully saturated rings. The summed E-state index contributed by atoms with van der Waals surface area (Å²) >= 11 is 5.90. The number of pyridine rings is 1. The minimum atomic E-state index is -0.637. The van der Waals surface area contributed by atoms with Crippen molar-refractivity contribution in [3.8, 4) is 0 Å². The third-order valence-electron chi connectivity index (χ3n) is 7.40. The second-order valence-corrected chi connectivity index (χ2v) is 10.7. The molecule has 0 unspecified atom stereocenters. The maximum absolute atomic E-state index is 13.5. The number of nitrogens with one attached hydrogen (secondary N) is 2. The van der Waals surface area contributed by atoms with Crippen LogP contribution in [0.1, 0.15) is 44.7 Å². The van der Waals surface area contributed by atoms with Gasteiger partial charge in [-0.3, -0.25) is 24.7 Å². The molecule has 10 heteroatoms. The molecule has 0 saturated carbocycles. The summed E-state index contributed by atoms with van der Waals surface area (Å²) in [6.07, 6.45) is 6.40. The van der Waals surface area contributed by atoms with E-state index in [4.69, 9.17) is 11.6 Å². The highest BCUT2D eigenvalue weighted by atomic mass is 35.5. The van der Waals surface area contributed by atoms with Gasteiger partial charge < -0.3 is 15.5 Å². The molecule has 1 saturated heterocycles. The van der Waals surface area contributed by atoms with Crippen molar-refractivity contribution < 1.29 is 14.5 Å². The Morgan fingerprint density at radius 1 is 0.952 bits per heavy atom. The molecule has 0 spiro atoms. The largest absolute Gasteiger partial charge is 0.371 e. The quantitative estimate of drug-likeness (QED) is 0.177. The van der Waals surface area contributed by atoms with E-state index in [1.807, 2.05) is 24.3 Å². The molecule has 0 atom stereocenters. The smallest absolute Gasteiger partial charge is 0.288 e. The summed E-state index contributed by atoms with van der Waals surface area (Å²) in [6, 6.07) is 23.3. The predicted octanol–water partition coefficient (Wildman–Crippen LogP) is 6.28. The first-order valence-electron chi connectivity index (χ1n) is 13.7. The van der Waals surface area contributed by atoms with E-state index < -0.39 is 10.8 Å². The molecule has 2 N–H and O–H groups in total. The minimum Gasteiger partial charge on any atom is -0.371 e. The van der Waals surface area contributed by atoms with Crippen LogP contribution >= 0.6 is 11.6 Å². The van der Waals surface area contributed by atoms with E-state index in [0.29, 0.717) is 23.7 Å². The molecule has 1 aliphatic rings. The molecule has 5 rings (SSSR count). The summed E-state index contributed by atoms with van der Waals surface area (Å²) in [5, 5.41) is 17.0. The number of benzene rings is 3. The maximum Gasteiger partial charge on any atom is 0.288 e. The molecule has 4 aromatic rings. The van der Waals surface area contributed by atoms with E-state index in [1.165, 1.54) is 17.7 Å². The molecule has 0 aliphatic carbocycles. The number of nitro groups is 1. The number of carbonyl (C=O) groups is 2. The fraction of sp³-hybridized carbons (Fsp3) is 0.219. The Morgan fingerprint density at radius 3 is 2.43 bits per heavy atom. The van der Waals surface area contributed by atoms with Crippen LogP contribution in [-0.4, -0.2) is 34.8 Å². The van der Waals surface area contributed by atoms with Crippen LogP contribution in [0.2, 0.25) is 5.02 Å². The third-order valence-corrected chi connectivity index (χ3v) is 7.72. The molecular formula is C32H30ClN5O4. The number of nitro benzene ring substituents is 1. The number of rotatable bonds is 9. The molecule has 2 amide bonds. The Balaban J connectivity index is 1.35. The highest BCUT2D eigenvalue weighted by molar-refractivity contribution is 6.32. The van der Waals surface area contributed by atoms with Crippen molar-refractivity contribution in [1.29, 1.82) is 0 Å². The molecule has 2 heterocycles. The Kier molecular flexibility index (Phi) is 9.08. The van der Waals surface area contributed by atoms with Gasteiger partial charge in [-0.05, 0) is 72.7 Å². The van der Waals surface area contributed by atoms with Crippen LogP contribution in [0.25, 0.3) is 0 Å². The van der Waals surface area contributed by atoms with E-state index in [1.54, 1.807) is 24.5 Å². The highest BCUT2D eigenvalue weighted by Crippen LogP contribution is 2.31. The highest BCUT2D eigenvalue weighted by Gasteiger charge is 2.24. The Hall–Kier alpha value is -4.76. The van der Waals surface area contributed by atoms with E-state index in [0.717, 1.165) is 49.7 Å². The van der Waals surface area contributed by atoms with Gasteiger partial charge in [-0.1, -0.05) is 48.0 Å². The van der Waals surface area contributed by atoms with Gasteiger partial charge in [-0.2, -0.15) is 0 Å². The first-order chi connectivity index (χ1) is 20.4. The van der Waals surface area contributed by atoms with Gasteiger partial charge in [-0.15, -0.1) is 0 Å². The maximum atomic E-state index is 13.5. The third kappa shape index (κ3) is 7.11. The number of piperidine rings is 1. The van der Waals surface area contributed by atoms with Crippen molar-refractivity contribution in [2.24, 2.45) is 5.92 Å². The van der Waals surface area contributed by atoms with E-state index >= 15 is 0 Å². The molecular weight excluding hydrogens is 554 g/mol. The Morgan fingerprint density at radius 2 is 1.71 bits per heavy atom. The molecule has 0 bridgehead atoms. The van der Waals surface area contributed by atoms with Crippen molar-refractivity contribution in [2.75, 3.05) is 23.3 Å². The van der Waals surface area contributed by atoms with Crippen LogP contribution in [0.15, 0.2) is 91.3 Å². The second-order valence-electron chi connectivity index (χ2n) is 10.3. The summed E-state index contributed by atoms with van der Waals surface area (Å²) in [5.74, 6) is -0.266. The van der Waals surface area contributed by atoms with Crippen molar-refractivity contribution >= 4 is 40.5 Å². The van der Waals surface area contributed by atoms with Gasteiger partial charge in [0, 0.05) is 55.0 Å². The summed E-state index contributed by atoms with van der Waals surface area (Å²) in [4.78, 5) is 43.4. The molecule has 42 heavy (non-hydrogen) atoms. The molecule has 214 valence electrons. The number of carbonyl (C=O) groups excluding carboxylic acids is 2. The fourth-order valence-electron chi connectivity index (χ4n) is 5.17. The topological polar surface area (TPSA) is 117 Å². The number of hydrogen-bond acceptors (Lipinski definition) is 6. The monoisotopic (exact) mass is 583 g/mol. The fourth-order valence-corrected chi connectivity index (χ4v) is 5.36. The van der Waals surface area contributed by atoms with Crippen molar-refractivity contribution in [3.63, 3.8) is 0 Å². The zero-order valence-corrected chi connectivity index (χ0v) is 23.6. The molecule has 1 aromatic heterocycles. The Bertz CT molecular complexity index is 1570. The van der Waals surface area contributed by atoms with E-state index in [9.17, 15) is 19.7 Å². The normalized spacial score (nSPS) is 13.4. The SMILES string of the molecule is O=C(Nc1ccc(N2CCC(Cc3ccccc3)CC2)c(C(=O)NCc2cccnc2)c1)c1ccc(Cl)c([N+](=O)[O-])c1. The van der Waals surface area contributed by atoms with Gasteiger partial charge in [0.15, 0.2) is 0 Å². The summed E-state index contributed by atoms with van der Waals surface area (Å²) in [5.41, 5.74) is 3.54. The standard InChI is InChI=1S/C32H30ClN5O4/c33-28-10-8-25(18-30(28)38(41)42)31(39)36-26-9-11-29(27(19-26)32(40)35-21-24-7-4-14-34-20-24)37-15-12-23(13-16-37)17-22-5-2-1-3-6-22/h1-11,14,18-20,23H,12-13,15-17,21H2,(H,35,40)(H,36,39). The number of aromatic nitrogens is 1. The summed E-state index contributed by atoms with van der Waals surface area (Å²) in [7, 11) is 0. The number of amides is 2. The lowest BCUT2D eigenvalue weighted by atomic mass is 9.89. The van der Waals surface area contributed by atoms with Gasteiger partial charge in [-0.25, -0.2) is 0 Å². The van der Waals surface area contributed by atoms with Crippen LogP contribution in [0, 0.1) is 16.0 Å². The van der Waals surface area contributed by atoms with Gasteiger partial charge in [0.05, 0.1) is 10.5 Å². The van der Waals surface area contributed by atoms with Crippen LogP contribution < -0.4 is 15.5 Å². The van der Waals surface area contributed by atoms with E-state index in [-0.39, 0.29) is 22.2 Å². The average molecular weight is 584 g/mol. The van der Waals surface area contributed by atoms with Crippen LogP contribution in [0.4, 0.5) is 17.1 Å². The molecule has 0 radical (unpaired) electrons. The zero-order chi connectivity index (χ0) is 29.5. The van der Waals surface area contributed by atoms with Crippen molar-refractivity contribution in [2.45, 2.75) is 25.8 Å². The second kappa shape index (κ2) is 13.3. The first kappa shape index (κ1) is 28.8. The molecule has 1 aliphatic heterocycles. The number of halogens is 1. The number of nitrogens with zero attached hydrogens (tertiary/aromatic N) is 3. The van der Waals surface area contributed by atoms with Crippen molar-refractivity contribution in [3.05, 3.63) is 129 Å². The molecule has 3 aromatic carbocycles. The van der Waals surface area contributed by atoms with Crippen molar-refractivity contribution in [1.82, 2.24) is 10.3 Å². The van der Waals surface area contributed by atoms with Gasteiger partial charge in [0.25, 0.3) is 17.5 Å². The predicted molar refractivity (Wildman–Crippen MR) is 163 cm³/mol. The molecule has 9 nitrogen and oxygen atoms in total. The lowest BCUT2D eigenvalue weighted by Crippen LogP contribution is -2.36. The van der Waals surface area contributed by atoms with Crippen LogP contribution in [-0.2, 0) is 13.0 Å². The van der Waals surface area contributed by atoms with E-state index in [2.05, 4.69) is 44.8 Å². The van der Waals surface area contributed by atoms with Crippen LogP contribution in [0.3, 0.4) is 0 Å². The Labute approximate surface area is 248 Å². The summed E-state index contributed by atoms with van der Waals surface area (Å²) in [6.45, 7) is 1.91. The zero-order valence-electron chi connectivity index (χ0n) is 22.8. The lowest BCUT2D eigenvalue weighted by Gasteiger charge is -2.35. The average Bonchev–Trinajstić information content (AvgIpc) is 3.01.